The van der Waals surface area contributed by atoms with Crippen molar-refractivity contribution in [2.24, 2.45) is 5.41 Å². The van der Waals surface area contributed by atoms with Crippen molar-refractivity contribution in [3.05, 3.63) is 84.1 Å². The molecule has 1 amide bonds. The molecule has 1 aliphatic heterocycles. The molecule has 0 aliphatic carbocycles. The fourth-order valence-electron chi connectivity index (χ4n) is 4.16. The first-order valence-corrected chi connectivity index (χ1v) is 12.8. The van der Waals surface area contributed by atoms with Gasteiger partial charge in [-0.3, -0.25) is 4.79 Å². The lowest BCUT2D eigenvalue weighted by Crippen LogP contribution is -2.48. The first-order chi connectivity index (χ1) is 19.4. The summed E-state index contributed by atoms with van der Waals surface area (Å²) >= 11 is 0. The number of benzene rings is 2. The van der Waals surface area contributed by atoms with Gasteiger partial charge in [0.2, 0.25) is 12.2 Å². The average Bonchev–Trinajstić information content (AvgIpc) is 3.43. The van der Waals surface area contributed by atoms with Crippen molar-refractivity contribution in [2.75, 3.05) is 33.5 Å². The fourth-order valence-corrected chi connectivity index (χ4v) is 4.16. The Morgan fingerprint density at radius 2 is 1.82 bits per heavy atom. The van der Waals surface area contributed by atoms with Gasteiger partial charge in [0.15, 0.2) is 5.82 Å². The summed E-state index contributed by atoms with van der Waals surface area (Å²) in [7, 11) is 1.58. The van der Waals surface area contributed by atoms with Crippen LogP contribution in [-0.4, -0.2) is 59.4 Å². The van der Waals surface area contributed by atoms with Crippen molar-refractivity contribution < 1.29 is 28.1 Å². The number of aromatic nitrogens is 4. The van der Waals surface area contributed by atoms with Crippen LogP contribution in [-0.2, 0) is 25.5 Å². The molecule has 3 heterocycles. The number of hydrogen-bond acceptors (Lipinski definition) is 8. The molecule has 0 atom stereocenters. The third kappa shape index (κ3) is 6.33. The largest absolute Gasteiger partial charge is 0.461 e. The maximum Gasteiger partial charge on any atom is 0.317 e. The van der Waals surface area contributed by atoms with E-state index in [2.05, 4.69) is 20.3 Å². The minimum Gasteiger partial charge on any atom is -0.461 e. The zero-order valence-corrected chi connectivity index (χ0v) is 22.2. The third-order valence-electron chi connectivity index (χ3n) is 6.42. The van der Waals surface area contributed by atoms with E-state index in [0.717, 1.165) is 5.56 Å². The van der Waals surface area contributed by atoms with Gasteiger partial charge in [0, 0.05) is 25.4 Å². The number of H-pyrrole nitrogens is 1. The van der Waals surface area contributed by atoms with E-state index in [4.69, 9.17) is 23.9 Å². The lowest BCUT2D eigenvalue weighted by molar-refractivity contribution is -0.231. The Bertz CT molecular complexity index is 1420. The smallest absolute Gasteiger partial charge is 0.317 e. The molecule has 1 fully saturated rings. The molecule has 1 aliphatic rings. The Morgan fingerprint density at radius 1 is 1.07 bits per heavy atom. The zero-order valence-electron chi connectivity index (χ0n) is 22.2. The van der Waals surface area contributed by atoms with Gasteiger partial charge in [-0.2, -0.15) is 4.98 Å². The molecule has 0 radical (unpaired) electrons. The molecule has 2 aromatic heterocycles. The molecule has 2 aromatic carbocycles. The van der Waals surface area contributed by atoms with Crippen molar-refractivity contribution in [2.45, 2.75) is 19.8 Å². The first kappa shape index (κ1) is 27.4. The minimum absolute atomic E-state index is 0.130. The summed E-state index contributed by atoms with van der Waals surface area (Å²) in [6, 6.07) is 17.6. The van der Waals surface area contributed by atoms with Gasteiger partial charge in [-0.25, -0.2) is 14.4 Å². The monoisotopic (exact) mass is 547 g/mol. The predicted octanol–water partition coefficient (Wildman–Crippen LogP) is 4.07. The standard InChI is InChI=1S/C29H30FN5O5/c1-29(27(36)32-16-19-6-4-3-5-7-19)17-39-26(40-18-29)25-34-23(20-8-10-21(30)11-9-20)24(35-25)22-12-13-31-28(33-22)38-15-14-37-2/h3-13,26H,14-18H2,1-2H3,(H,32,36)(H,34,35). The zero-order chi connectivity index (χ0) is 28.0. The van der Waals surface area contributed by atoms with Crippen LogP contribution in [0.2, 0.25) is 0 Å². The number of aromatic amines is 1. The molecule has 5 rings (SSSR count). The number of nitrogens with zero attached hydrogens (tertiary/aromatic N) is 3. The number of carbonyl (C=O) groups is 1. The van der Waals surface area contributed by atoms with Crippen LogP contribution in [0.25, 0.3) is 22.6 Å². The number of ether oxygens (including phenoxy) is 4. The van der Waals surface area contributed by atoms with Crippen molar-refractivity contribution >= 4 is 5.91 Å². The molecule has 2 N–H and O–H groups in total. The van der Waals surface area contributed by atoms with Gasteiger partial charge in [-0.1, -0.05) is 30.3 Å². The molecule has 0 saturated carbocycles. The fraction of sp³-hybridized carbons (Fsp3) is 0.310. The Kier molecular flexibility index (Phi) is 8.44. The van der Waals surface area contributed by atoms with E-state index in [-0.39, 0.29) is 30.9 Å². The second-order valence-corrected chi connectivity index (χ2v) is 9.60. The van der Waals surface area contributed by atoms with Crippen LogP contribution in [0.1, 0.15) is 24.6 Å². The van der Waals surface area contributed by atoms with Crippen LogP contribution in [0.3, 0.4) is 0 Å². The number of hydrogen-bond donors (Lipinski definition) is 2. The Labute approximate surface area is 230 Å². The molecule has 0 bridgehead atoms. The number of halogens is 1. The SMILES string of the molecule is COCCOc1nccc(-c2[nH]c(C3OCC(C)(C(=O)NCc4ccccc4)CO3)nc2-c2ccc(F)cc2)n1. The Morgan fingerprint density at radius 3 is 2.55 bits per heavy atom. The van der Waals surface area contributed by atoms with Gasteiger partial charge >= 0.3 is 6.01 Å². The number of rotatable bonds is 10. The Hall–Kier alpha value is -4.19. The first-order valence-electron chi connectivity index (χ1n) is 12.8. The van der Waals surface area contributed by atoms with Gasteiger partial charge in [0.25, 0.3) is 0 Å². The topological polar surface area (TPSA) is 120 Å². The molecule has 1 saturated heterocycles. The van der Waals surface area contributed by atoms with Crippen LogP contribution in [0, 0.1) is 11.2 Å². The van der Waals surface area contributed by atoms with E-state index in [1.54, 1.807) is 38.4 Å². The highest BCUT2D eigenvalue weighted by Crippen LogP contribution is 2.35. The van der Waals surface area contributed by atoms with Gasteiger partial charge in [0.1, 0.15) is 12.4 Å². The average molecular weight is 548 g/mol. The number of nitrogens with one attached hydrogen (secondary N) is 2. The third-order valence-corrected chi connectivity index (χ3v) is 6.42. The van der Waals surface area contributed by atoms with Crippen molar-refractivity contribution in [1.82, 2.24) is 25.3 Å². The van der Waals surface area contributed by atoms with Crippen LogP contribution in [0.5, 0.6) is 6.01 Å². The quantitative estimate of drug-likeness (QED) is 0.285. The summed E-state index contributed by atoms with van der Waals surface area (Å²) < 4.78 is 36.2. The molecule has 0 unspecified atom stereocenters. The van der Waals surface area contributed by atoms with Crippen LogP contribution >= 0.6 is 0 Å². The van der Waals surface area contributed by atoms with Gasteiger partial charge in [-0.15, -0.1) is 0 Å². The second kappa shape index (κ2) is 12.3. The second-order valence-electron chi connectivity index (χ2n) is 9.60. The summed E-state index contributed by atoms with van der Waals surface area (Å²) in [6.45, 7) is 3.16. The van der Waals surface area contributed by atoms with E-state index in [0.29, 0.717) is 48.2 Å². The highest BCUT2D eigenvalue weighted by Gasteiger charge is 2.40. The highest BCUT2D eigenvalue weighted by molar-refractivity contribution is 5.82. The van der Waals surface area contributed by atoms with Crippen LogP contribution < -0.4 is 10.1 Å². The number of amides is 1. The Balaban J connectivity index is 1.34. The highest BCUT2D eigenvalue weighted by atomic mass is 19.1. The predicted molar refractivity (Wildman–Crippen MR) is 143 cm³/mol. The molecule has 11 heteroatoms. The molecule has 10 nitrogen and oxygen atoms in total. The van der Waals surface area contributed by atoms with Crippen molar-refractivity contribution in [3.63, 3.8) is 0 Å². The van der Waals surface area contributed by atoms with E-state index < -0.39 is 11.7 Å². The summed E-state index contributed by atoms with van der Waals surface area (Å²) in [5.41, 5.74) is 2.39. The van der Waals surface area contributed by atoms with E-state index in [1.165, 1.54) is 12.1 Å². The minimum atomic E-state index is -0.873. The molecular formula is C29H30FN5O5. The van der Waals surface area contributed by atoms with Crippen LogP contribution in [0.4, 0.5) is 4.39 Å². The molecule has 0 spiro atoms. The normalized spacial score (nSPS) is 18.8. The van der Waals surface area contributed by atoms with E-state index >= 15 is 0 Å². The summed E-state index contributed by atoms with van der Waals surface area (Å²) in [5, 5.41) is 2.96. The number of methoxy groups -OCH3 is 1. The maximum atomic E-state index is 13.7. The molecule has 208 valence electrons. The lowest BCUT2D eigenvalue weighted by Gasteiger charge is -2.35. The van der Waals surface area contributed by atoms with Gasteiger partial charge in [-0.05, 0) is 42.8 Å². The van der Waals surface area contributed by atoms with Gasteiger partial charge < -0.3 is 29.2 Å². The summed E-state index contributed by atoms with van der Waals surface area (Å²) in [5.74, 6) is -0.133. The number of carbonyl (C=O) groups excluding carboxylic acids is 1. The molecule has 40 heavy (non-hydrogen) atoms. The van der Waals surface area contributed by atoms with E-state index in [9.17, 15) is 9.18 Å². The lowest BCUT2D eigenvalue weighted by atomic mass is 9.91. The van der Waals surface area contributed by atoms with Crippen LogP contribution in [0.15, 0.2) is 66.9 Å². The maximum absolute atomic E-state index is 13.7. The van der Waals surface area contributed by atoms with E-state index in [1.807, 2.05) is 30.3 Å². The summed E-state index contributed by atoms with van der Waals surface area (Å²) in [4.78, 5) is 29.6. The van der Waals surface area contributed by atoms with Crippen molar-refractivity contribution in [3.8, 4) is 28.7 Å². The molecular weight excluding hydrogens is 517 g/mol. The van der Waals surface area contributed by atoms with Crippen molar-refractivity contribution in [1.29, 1.82) is 0 Å². The van der Waals surface area contributed by atoms with Gasteiger partial charge in [0.05, 0.1) is 42.3 Å². The summed E-state index contributed by atoms with van der Waals surface area (Å²) in [6.07, 6.45) is 0.731. The molecule has 4 aromatic rings. The number of imidazole rings is 1.